The molecular formula is C13H20N2O3. The molecule has 2 rings (SSSR count). The summed E-state index contributed by atoms with van der Waals surface area (Å²) in [5.74, 6) is 0.548. The van der Waals surface area contributed by atoms with E-state index in [0.717, 1.165) is 38.0 Å². The molecule has 1 aromatic heterocycles. The standard InChI is InChI=1S/C13H20N2O3/c1-3-9-4-6-10(7-5-9)15-12(17)8(2)11(16)14-13(15)18/h9-10,17H,3-7H2,1-2H3,(H,14,16,18). The molecule has 1 aliphatic carbocycles. The quantitative estimate of drug-likeness (QED) is 0.841. The SMILES string of the molecule is CCC1CCC(n2c(O)c(C)c(=O)[nH]c2=O)CC1. The van der Waals surface area contributed by atoms with Gasteiger partial charge in [-0.15, -0.1) is 0 Å². The van der Waals surface area contributed by atoms with Crippen LogP contribution in [0.5, 0.6) is 5.88 Å². The normalized spacial score (nSPS) is 24.1. The fraction of sp³-hybridized carbons (Fsp3) is 0.692. The zero-order valence-electron chi connectivity index (χ0n) is 10.9. The molecule has 18 heavy (non-hydrogen) atoms. The molecular weight excluding hydrogens is 232 g/mol. The summed E-state index contributed by atoms with van der Waals surface area (Å²) in [7, 11) is 0. The Morgan fingerprint density at radius 1 is 1.28 bits per heavy atom. The summed E-state index contributed by atoms with van der Waals surface area (Å²) in [6, 6.07) is 0.0100. The van der Waals surface area contributed by atoms with Crippen molar-refractivity contribution in [3.05, 3.63) is 26.4 Å². The first-order valence-corrected chi connectivity index (χ1v) is 6.59. The van der Waals surface area contributed by atoms with Crippen LogP contribution in [-0.4, -0.2) is 14.7 Å². The van der Waals surface area contributed by atoms with E-state index in [-0.39, 0.29) is 17.5 Å². The van der Waals surface area contributed by atoms with Crippen molar-refractivity contribution in [3.8, 4) is 5.88 Å². The third-order valence-corrected chi connectivity index (χ3v) is 4.10. The van der Waals surface area contributed by atoms with Crippen LogP contribution in [0, 0.1) is 12.8 Å². The maximum absolute atomic E-state index is 11.8. The Hall–Kier alpha value is -1.52. The van der Waals surface area contributed by atoms with E-state index in [4.69, 9.17) is 0 Å². The van der Waals surface area contributed by atoms with E-state index < -0.39 is 11.2 Å². The number of aromatic hydroxyl groups is 1. The summed E-state index contributed by atoms with van der Waals surface area (Å²) >= 11 is 0. The van der Waals surface area contributed by atoms with Gasteiger partial charge >= 0.3 is 5.69 Å². The number of aromatic nitrogens is 2. The lowest BCUT2D eigenvalue weighted by Gasteiger charge is -2.29. The molecule has 1 fully saturated rings. The van der Waals surface area contributed by atoms with Gasteiger partial charge in [0, 0.05) is 6.04 Å². The van der Waals surface area contributed by atoms with E-state index in [1.807, 2.05) is 0 Å². The molecule has 2 N–H and O–H groups in total. The topological polar surface area (TPSA) is 75.1 Å². The van der Waals surface area contributed by atoms with Gasteiger partial charge in [-0.3, -0.25) is 14.3 Å². The van der Waals surface area contributed by atoms with Crippen LogP contribution in [0.25, 0.3) is 0 Å². The molecule has 0 unspecified atom stereocenters. The second-order valence-corrected chi connectivity index (χ2v) is 5.16. The molecule has 1 heterocycles. The molecule has 0 saturated heterocycles. The van der Waals surface area contributed by atoms with Gasteiger partial charge in [-0.2, -0.15) is 0 Å². The molecule has 0 radical (unpaired) electrons. The van der Waals surface area contributed by atoms with Crippen molar-refractivity contribution >= 4 is 0 Å². The molecule has 0 spiro atoms. The molecule has 100 valence electrons. The minimum Gasteiger partial charge on any atom is -0.494 e. The van der Waals surface area contributed by atoms with Crippen molar-refractivity contribution in [2.75, 3.05) is 0 Å². The van der Waals surface area contributed by atoms with Gasteiger partial charge in [-0.05, 0) is 38.5 Å². The van der Waals surface area contributed by atoms with Gasteiger partial charge in [0.15, 0.2) is 0 Å². The van der Waals surface area contributed by atoms with Gasteiger partial charge in [-0.25, -0.2) is 4.79 Å². The maximum Gasteiger partial charge on any atom is 0.331 e. The molecule has 5 heteroatoms. The van der Waals surface area contributed by atoms with Crippen molar-refractivity contribution in [1.82, 2.24) is 9.55 Å². The second-order valence-electron chi connectivity index (χ2n) is 5.16. The van der Waals surface area contributed by atoms with Gasteiger partial charge in [-0.1, -0.05) is 13.3 Å². The molecule has 0 amide bonds. The number of H-pyrrole nitrogens is 1. The highest BCUT2D eigenvalue weighted by molar-refractivity contribution is 5.21. The van der Waals surface area contributed by atoms with E-state index in [1.165, 1.54) is 11.5 Å². The first kappa shape index (κ1) is 12.9. The average molecular weight is 252 g/mol. The highest BCUT2D eigenvalue weighted by atomic mass is 16.3. The van der Waals surface area contributed by atoms with Crippen LogP contribution in [0.1, 0.15) is 50.6 Å². The Balaban J connectivity index is 2.33. The number of nitrogens with one attached hydrogen (secondary N) is 1. The van der Waals surface area contributed by atoms with Crippen LogP contribution in [0.2, 0.25) is 0 Å². The largest absolute Gasteiger partial charge is 0.494 e. The van der Waals surface area contributed by atoms with Crippen molar-refractivity contribution in [2.24, 2.45) is 5.92 Å². The first-order valence-electron chi connectivity index (χ1n) is 6.59. The number of hydrogen-bond donors (Lipinski definition) is 2. The lowest BCUT2D eigenvalue weighted by molar-refractivity contribution is 0.244. The Labute approximate surface area is 105 Å². The fourth-order valence-electron chi connectivity index (χ4n) is 2.78. The van der Waals surface area contributed by atoms with Crippen LogP contribution in [0.15, 0.2) is 9.59 Å². The monoisotopic (exact) mass is 252 g/mol. The fourth-order valence-corrected chi connectivity index (χ4v) is 2.78. The van der Waals surface area contributed by atoms with Crippen LogP contribution in [-0.2, 0) is 0 Å². The average Bonchev–Trinajstić information content (AvgIpc) is 2.37. The minimum atomic E-state index is -0.504. The predicted molar refractivity (Wildman–Crippen MR) is 69.0 cm³/mol. The Morgan fingerprint density at radius 2 is 1.89 bits per heavy atom. The van der Waals surface area contributed by atoms with Gasteiger partial charge in [0.25, 0.3) is 5.56 Å². The molecule has 1 saturated carbocycles. The minimum absolute atomic E-state index is 0.0100. The molecule has 0 bridgehead atoms. The van der Waals surface area contributed by atoms with Crippen molar-refractivity contribution in [1.29, 1.82) is 0 Å². The van der Waals surface area contributed by atoms with Gasteiger partial charge in [0.05, 0.1) is 5.56 Å². The zero-order chi connectivity index (χ0) is 13.3. The van der Waals surface area contributed by atoms with E-state index in [0.29, 0.717) is 0 Å². The summed E-state index contributed by atoms with van der Waals surface area (Å²) in [6.07, 6.45) is 5.09. The van der Waals surface area contributed by atoms with Crippen LogP contribution in [0.3, 0.4) is 0 Å². The van der Waals surface area contributed by atoms with Crippen molar-refractivity contribution in [2.45, 2.75) is 52.0 Å². The van der Waals surface area contributed by atoms with Crippen molar-refractivity contribution < 1.29 is 5.11 Å². The molecule has 0 aromatic carbocycles. The Kier molecular flexibility index (Phi) is 3.59. The summed E-state index contributed by atoms with van der Waals surface area (Å²) < 4.78 is 1.35. The van der Waals surface area contributed by atoms with Crippen molar-refractivity contribution in [3.63, 3.8) is 0 Å². The summed E-state index contributed by atoms with van der Waals surface area (Å²) in [4.78, 5) is 25.4. The Bertz CT molecular complexity index is 536. The highest BCUT2D eigenvalue weighted by Gasteiger charge is 2.24. The number of nitrogens with zero attached hydrogens (tertiary/aromatic N) is 1. The van der Waals surface area contributed by atoms with Gasteiger partial charge in [0.2, 0.25) is 5.88 Å². The van der Waals surface area contributed by atoms with Gasteiger partial charge in [0.1, 0.15) is 0 Å². The third kappa shape index (κ3) is 2.21. The predicted octanol–water partition coefficient (Wildman–Crippen LogP) is 1.69. The Morgan fingerprint density at radius 3 is 2.44 bits per heavy atom. The highest BCUT2D eigenvalue weighted by Crippen LogP contribution is 2.34. The maximum atomic E-state index is 11.8. The lowest BCUT2D eigenvalue weighted by atomic mass is 9.84. The first-order chi connectivity index (χ1) is 8.54. The number of rotatable bonds is 2. The second kappa shape index (κ2) is 5.00. The van der Waals surface area contributed by atoms with Crippen LogP contribution in [0.4, 0.5) is 0 Å². The lowest BCUT2D eigenvalue weighted by Crippen LogP contribution is -2.35. The van der Waals surface area contributed by atoms with Crippen LogP contribution >= 0.6 is 0 Å². The molecule has 1 aromatic rings. The zero-order valence-corrected chi connectivity index (χ0v) is 10.9. The summed E-state index contributed by atoms with van der Waals surface area (Å²) in [5, 5.41) is 9.98. The third-order valence-electron chi connectivity index (χ3n) is 4.10. The molecule has 5 nitrogen and oxygen atoms in total. The van der Waals surface area contributed by atoms with E-state index >= 15 is 0 Å². The van der Waals surface area contributed by atoms with E-state index in [9.17, 15) is 14.7 Å². The molecule has 0 aliphatic heterocycles. The van der Waals surface area contributed by atoms with Gasteiger partial charge < -0.3 is 5.11 Å². The van der Waals surface area contributed by atoms with Crippen LogP contribution < -0.4 is 11.2 Å². The van der Waals surface area contributed by atoms with E-state index in [2.05, 4.69) is 11.9 Å². The summed E-state index contributed by atoms with van der Waals surface area (Å²) in [5.41, 5.74) is -0.786. The summed E-state index contributed by atoms with van der Waals surface area (Å²) in [6.45, 7) is 3.71. The smallest absolute Gasteiger partial charge is 0.331 e. The number of aromatic amines is 1. The number of hydrogen-bond acceptors (Lipinski definition) is 3. The van der Waals surface area contributed by atoms with E-state index in [1.54, 1.807) is 0 Å². The molecule has 1 aliphatic rings. The molecule has 0 atom stereocenters.